The summed E-state index contributed by atoms with van der Waals surface area (Å²) in [6, 6.07) is 8.53. The van der Waals surface area contributed by atoms with Crippen molar-refractivity contribution in [3.05, 3.63) is 40.7 Å². The predicted molar refractivity (Wildman–Crippen MR) is 72.2 cm³/mol. The Morgan fingerprint density at radius 3 is 2.05 bits per heavy atom. The molecule has 1 aromatic heterocycles. The van der Waals surface area contributed by atoms with Gasteiger partial charge in [-0.2, -0.15) is 0 Å². The smallest absolute Gasteiger partial charge is 0.248 e. The van der Waals surface area contributed by atoms with Crippen molar-refractivity contribution in [2.45, 2.75) is 0 Å². The van der Waals surface area contributed by atoms with Crippen LogP contribution in [0.15, 0.2) is 35.1 Å². The predicted octanol–water partition coefficient (Wildman–Crippen LogP) is 2.07. The molecule has 0 saturated heterocycles. The molecule has 2 rings (SSSR count). The lowest BCUT2D eigenvalue weighted by Gasteiger charge is -2.14. The minimum absolute atomic E-state index is 0.161. The maximum Gasteiger partial charge on any atom is 0.248 e. The van der Waals surface area contributed by atoms with E-state index in [4.69, 9.17) is 14.2 Å². The minimum Gasteiger partial charge on any atom is -0.493 e. The highest BCUT2D eigenvalue weighted by Crippen LogP contribution is 2.40. The fraction of sp³-hybridized carbons (Fsp3) is 0.214. The van der Waals surface area contributed by atoms with Crippen LogP contribution in [0.2, 0.25) is 0 Å². The fourth-order valence-electron chi connectivity index (χ4n) is 1.85. The average Bonchev–Trinajstić information content (AvgIpc) is 2.45. The summed E-state index contributed by atoms with van der Waals surface area (Å²) in [6.45, 7) is 0. The lowest BCUT2D eigenvalue weighted by atomic mass is 10.1. The highest BCUT2D eigenvalue weighted by Gasteiger charge is 2.14. The molecule has 0 radical (unpaired) electrons. The van der Waals surface area contributed by atoms with Gasteiger partial charge in [0.15, 0.2) is 11.5 Å². The van der Waals surface area contributed by atoms with E-state index >= 15 is 0 Å². The molecular weight excluding hydrogens is 246 g/mol. The van der Waals surface area contributed by atoms with Crippen molar-refractivity contribution < 1.29 is 14.2 Å². The van der Waals surface area contributed by atoms with E-state index in [-0.39, 0.29) is 5.56 Å². The largest absolute Gasteiger partial charge is 0.493 e. The van der Waals surface area contributed by atoms with Gasteiger partial charge in [-0.25, -0.2) is 0 Å². The zero-order valence-corrected chi connectivity index (χ0v) is 11.0. The topological polar surface area (TPSA) is 60.6 Å². The van der Waals surface area contributed by atoms with Crippen LogP contribution in [-0.4, -0.2) is 26.3 Å². The minimum atomic E-state index is -0.161. The third kappa shape index (κ3) is 2.54. The summed E-state index contributed by atoms with van der Waals surface area (Å²) in [5, 5.41) is 0. The molecule has 5 heteroatoms. The first-order valence-corrected chi connectivity index (χ1v) is 5.69. The number of ether oxygens (including phenoxy) is 3. The van der Waals surface area contributed by atoms with E-state index in [1.165, 1.54) is 6.07 Å². The molecule has 0 aliphatic heterocycles. The number of H-pyrrole nitrogens is 1. The van der Waals surface area contributed by atoms with Gasteiger partial charge in [-0.1, -0.05) is 6.07 Å². The number of rotatable bonds is 4. The van der Waals surface area contributed by atoms with Crippen molar-refractivity contribution >= 4 is 0 Å². The Kier molecular flexibility index (Phi) is 3.75. The highest BCUT2D eigenvalue weighted by atomic mass is 16.5. The van der Waals surface area contributed by atoms with Crippen LogP contribution in [0.4, 0.5) is 0 Å². The molecule has 2 aromatic rings. The van der Waals surface area contributed by atoms with Gasteiger partial charge >= 0.3 is 0 Å². The van der Waals surface area contributed by atoms with Crippen LogP contribution in [0.3, 0.4) is 0 Å². The molecule has 0 atom stereocenters. The number of benzene rings is 1. The summed E-state index contributed by atoms with van der Waals surface area (Å²) in [5.41, 5.74) is 1.31. The molecule has 1 N–H and O–H groups in total. The summed E-state index contributed by atoms with van der Waals surface area (Å²) < 4.78 is 15.8. The van der Waals surface area contributed by atoms with Crippen molar-refractivity contribution in [1.29, 1.82) is 0 Å². The van der Waals surface area contributed by atoms with Crippen molar-refractivity contribution in [2.24, 2.45) is 0 Å². The number of methoxy groups -OCH3 is 3. The first kappa shape index (κ1) is 13.0. The quantitative estimate of drug-likeness (QED) is 0.915. The van der Waals surface area contributed by atoms with Crippen LogP contribution >= 0.6 is 0 Å². The third-order valence-corrected chi connectivity index (χ3v) is 2.74. The molecule has 0 unspecified atom stereocenters. The highest BCUT2D eigenvalue weighted by molar-refractivity contribution is 5.68. The zero-order chi connectivity index (χ0) is 13.8. The first-order valence-electron chi connectivity index (χ1n) is 5.69. The molecule has 0 spiro atoms. The summed E-state index contributed by atoms with van der Waals surface area (Å²) in [6.07, 6.45) is 0. The number of nitrogens with one attached hydrogen (secondary N) is 1. The Morgan fingerprint density at radius 2 is 1.58 bits per heavy atom. The standard InChI is InChI=1S/C14H15NO4/c1-17-11-7-9(8-12(18-2)14(11)19-3)10-5-4-6-13(16)15-10/h4-8H,1-3H3,(H,15,16). The number of aromatic amines is 1. The Hall–Kier alpha value is -2.43. The number of hydrogen-bond donors (Lipinski definition) is 1. The summed E-state index contributed by atoms with van der Waals surface area (Å²) >= 11 is 0. The molecular formula is C14H15NO4. The van der Waals surface area contributed by atoms with Crippen LogP contribution < -0.4 is 19.8 Å². The Morgan fingerprint density at radius 1 is 0.947 bits per heavy atom. The van der Waals surface area contributed by atoms with Gasteiger partial charge in [0.1, 0.15) is 0 Å². The van der Waals surface area contributed by atoms with E-state index in [0.29, 0.717) is 22.9 Å². The molecule has 0 fully saturated rings. The molecule has 0 amide bonds. The first-order chi connectivity index (χ1) is 9.19. The normalized spacial score (nSPS) is 10.1. The molecule has 0 aliphatic carbocycles. The summed E-state index contributed by atoms with van der Waals surface area (Å²) in [7, 11) is 4.65. The van der Waals surface area contributed by atoms with Crippen molar-refractivity contribution in [3.8, 4) is 28.5 Å². The monoisotopic (exact) mass is 261 g/mol. The maximum atomic E-state index is 11.4. The van der Waals surface area contributed by atoms with Crippen LogP contribution in [-0.2, 0) is 0 Å². The molecule has 0 aliphatic rings. The third-order valence-electron chi connectivity index (χ3n) is 2.74. The zero-order valence-electron chi connectivity index (χ0n) is 11.0. The van der Waals surface area contributed by atoms with Gasteiger partial charge in [-0.15, -0.1) is 0 Å². The van der Waals surface area contributed by atoms with Gasteiger partial charge in [0, 0.05) is 17.3 Å². The van der Waals surface area contributed by atoms with Gasteiger partial charge in [-0.3, -0.25) is 4.79 Å². The van der Waals surface area contributed by atoms with Crippen LogP contribution in [0.25, 0.3) is 11.3 Å². The lowest BCUT2D eigenvalue weighted by molar-refractivity contribution is 0.324. The van der Waals surface area contributed by atoms with Crippen molar-refractivity contribution in [3.63, 3.8) is 0 Å². The van der Waals surface area contributed by atoms with E-state index in [1.54, 1.807) is 39.5 Å². The van der Waals surface area contributed by atoms with E-state index in [2.05, 4.69) is 4.98 Å². The molecule has 100 valence electrons. The Balaban J connectivity index is 2.62. The lowest BCUT2D eigenvalue weighted by Crippen LogP contribution is -2.04. The van der Waals surface area contributed by atoms with Crippen molar-refractivity contribution in [1.82, 2.24) is 4.98 Å². The van der Waals surface area contributed by atoms with Crippen LogP contribution in [0, 0.1) is 0 Å². The number of pyridine rings is 1. The number of hydrogen-bond acceptors (Lipinski definition) is 4. The van der Waals surface area contributed by atoms with Gasteiger partial charge < -0.3 is 19.2 Å². The van der Waals surface area contributed by atoms with E-state index in [9.17, 15) is 4.79 Å². The van der Waals surface area contributed by atoms with Gasteiger partial charge in [-0.05, 0) is 18.2 Å². The van der Waals surface area contributed by atoms with Gasteiger partial charge in [0.25, 0.3) is 0 Å². The van der Waals surface area contributed by atoms with Gasteiger partial charge in [0.2, 0.25) is 11.3 Å². The molecule has 1 aromatic carbocycles. The maximum absolute atomic E-state index is 11.4. The molecule has 19 heavy (non-hydrogen) atoms. The van der Waals surface area contributed by atoms with E-state index < -0.39 is 0 Å². The van der Waals surface area contributed by atoms with E-state index in [1.807, 2.05) is 6.07 Å². The second-order valence-electron chi connectivity index (χ2n) is 3.84. The summed E-state index contributed by atoms with van der Waals surface area (Å²) in [4.78, 5) is 14.1. The van der Waals surface area contributed by atoms with Gasteiger partial charge in [0.05, 0.1) is 21.3 Å². The number of aromatic nitrogens is 1. The fourth-order valence-corrected chi connectivity index (χ4v) is 1.85. The van der Waals surface area contributed by atoms with Crippen molar-refractivity contribution in [2.75, 3.05) is 21.3 Å². The van der Waals surface area contributed by atoms with Crippen LogP contribution in [0.5, 0.6) is 17.2 Å². The Bertz CT molecular complexity index is 608. The molecule has 0 saturated carbocycles. The SMILES string of the molecule is COc1cc(-c2cccc(=O)[nH]2)cc(OC)c1OC. The molecule has 1 heterocycles. The van der Waals surface area contributed by atoms with Crippen LogP contribution in [0.1, 0.15) is 0 Å². The summed E-state index contributed by atoms with van der Waals surface area (Å²) in [5.74, 6) is 1.61. The second kappa shape index (κ2) is 5.48. The Labute approximate surface area is 110 Å². The second-order valence-corrected chi connectivity index (χ2v) is 3.84. The average molecular weight is 261 g/mol. The van der Waals surface area contributed by atoms with E-state index in [0.717, 1.165) is 5.56 Å². The molecule has 5 nitrogen and oxygen atoms in total. The molecule has 0 bridgehead atoms.